The lowest BCUT2D eigenvalue weighted by molar-refractivity contribution is 0.332. The van der Waals surface area contributed by atoms with E-state index in [1.165, 1.54) is 12.2 Å². The van der Waals surface area contributed by atoms with Gasteiger partial charge in [0.05, 0.1) is 28.9 Å². The van der Waals surface area contributed by atoms with Gasteiger partial charge in [-0.3, -0.25) is 9.40 Å². The molecule has 2 unspecified atom stereocenters. The number of nitrogens with zero attached hydrogens (tertiary/aromatic N) is 4. The SMILES string of the molecule is Nc1nccc(-c2cn(C3CCNCC3)nc2C2C=CC=C(NS(=O)(=O)CCC3=C(F)CC=CC(F)=C3)C(F)C2)n1. The predicted molar refractivity (Wildman–Crippen MR) is 151 cm³/mol. The Balaban J connectivity index is 1.33. The number of hydrogen-bond acceptors (Lipinski definition) is 7. The van der Waals surface area contributed by atoms with E-state index in [1.807, 2.05) is 10.9 Å². The van der Waals surface area contributed by atoms with Gasteiger partial charge in [0, 0.05) is 30.3 Å². The molecule has 2 aromatic heterocycles. The van der Waals surface area contributed by atoms with E-state index in [0.717, 1.165) is 38.1 Å². The molecule has 1 aliphatic heterocycles. The van der Waals surface area contributed by atoms with Crippen molar-refractivity contribution in [2.75, 3.05) is 24.6 Å². The summed E-state index contributed by atoms with van der Waals surface area (Å²) >= 11 is 0. The number of allylic oxidation sites excluding steroid dienone is 10. The Morgan fingerprint density at radius 2 is 2.02 bits per heavy atom. The van der Waals surface area contributed by atoms with Crippen LogP contribution in [0.1, 0.15) is 49.8 Å². The van der Waals surface area contributed by atoms with Gasteiger partial charge in [0.25, 0.3) is 0 Å². The third kappa shape index (κ3) is 7.14. The summed E-state index contributed by atoms with van der Waals surface area (Å²) in [5.41, 5.74) is 7.55. The number of nitrogens with one attached hydrogen (secondary N) is 2. The van der Waals surface area contributed by atoms with Gasteiger partial charge in [-0.25, -0.2) is 31.6 Å². The predicted octanol–water partition coefficient (Wildman–Crippen LogP) is 4.46. The highest BCUT2D eigenvalue weighted by atomic mass is 32.2. The molecule has 2 aromatic rings. The molecular formula is C28H32F3N7O2S. The first-order chi connectivity index (χ1) is 19.7. The summed E-state index contributed by atoms with van der Waals surface area (Å²) in [6.07, 6.45) is 11.4. The minimum atomic E-state index is -4.05. The number of sulfonamides is 1. The standard InChI is InChI=1S/C28H32F3N7O2S/c29-20-4-2-5-23(30)18(15-20)10-14-41(39,40)37-26-6-1-3-19(16-24(26)31)27-22(25-9-13-34-28(32)35-25)17-38(36-27)21-7-11-33-12-8-21/h1-4,6,9,13,15,17,19,21,24,33,37H,5,7-8,10-12,14,16H2,(H2,32,34,35). The summed E-state index contributed by atoms with van der Waals surface area (Å²) in [4.78, 5) is 8.32. The van der Waals surface area contributed by atoms with Gasteiger partial charge in [-0.05, 0) is 68.6 Å². The van der Waals surface area contributed by atoms with Gasteiger partial charge in [0.15, 0.2) is 0 Å². The molecule has 1 fully saturated rings. The van der Waals surface area contributed by atoms with Gasteiger partial charge in [0.2, 0.25) is 16.0 Å². The topological polar surface area (TPSA) is 128 Å². The maximum Gasteiger partial charge on any atom is 0.232 e. The van der Waals surface area contributed by atoms with Crippen LogP contribution in [0, 0.1) is 0 Å². The van der Waals surface area contributed by atoms with Crippen LogP contribution in [0.15, 0.2) is 77.8 Å². The molecule has 0 aromatic carbocycles. The smallest absolute Gasteiger partial charge is 0.232 e. The molecule has 218 valence electrons. The lowest BCUT2D eigenvalue weighted by Gasteiger charge is -2.23. The van der Waals surface area contributed by atoms with Crippen LogP contribution in [0.2, 0.25) is 0 Å². The van der Waals surface area contributed by atoms with Crippen molar-refractivity contribution in [2.45, 2.75) is 50.2 Å². The van der Waals surface area contributed by atoms with Crippen molar-refractivity contribution in [3.05, 3.63) is 83.5 Å². The van der Waals surface area contributed by atoms with E-state index in [0.29, 0.717) is 17.0 Å². The summed E-state index contributed by atoms with van der Waals surface area (Å²) < 4.78 is 73.4. The number of anilines is 1. The highest BCUT2D eigenvalue weighted by Crippen LogP contribution is 2.36. The number of alkyl halides is 1. The van der Waals surface area contributed by atoms with Crippen molar-refractivity contribution >= 4 is 16.0 Å². The zero-order valence-corrected chi connectivity index (χ0v) is 23.1. The van der Waals surface area contributed by atoms with Crippen molar-refractivity contribution < 1.29 is 21.6 Å². The van der Waals surface area contributed by atoms with Gasteiger partial charge in [0.1, 0.15) is 17.8 Å². The molecule has 0 radical (unpaired) electrons. The molecule has 3 heterocycles. The van der Waals surface area contributed by atoms with E-state index in [1.54, 1.807) is 24.4 Å². The number of nitrogen functional groups attached to an aromatic ring is 1. The van der Waals surface area contributed by atoms with E-state index in [4.69, 9.17) is 10.8 Å². The Morgan fingerprint density at radius 3 is 2.80 bits per heavy atom. The van der Waals surface area contributed by atoms with Crippen LogP contribution in [0.4, 0.5) is 19.1 Å². The molecule has 2 aliphatic carbocycles. The summed E-state index contributed by atoms with van der Waals surface area (Å²) in [7, 11) is -4.05. The van der Waals surface area contributed by atoms with Crippen molar-refractivity contribution in [2.24, 2.45) is 0 Å². The van der Waals surface area contributed by atoms with Crippen LogP contribution in [-0.2, 0) is 10.0 Å². The molecule has 9 nitrogen and oxygen atoms in total. The molecule has 1 saturated heterocycles. The van der Waals surface area contributed by atoms with Gasteiger partial charge >= 0.3 is 0 Å². The van der Waals surface area contributed by atoms with Gasteiger partial charge < -0.3 is 11.1 Å². The summed E-state index contributed by atoms with van der Waals surface area (Å²) in [5, 5.41) is 8.20. The Hall–Kier alpha value is -3.71. The van der Waals surface area contributed by atoms with Crippen molar-refractivity contribution in [3.8, 4) is 11.3 Å². The second-order valence-electron chi connectivity index (χ2n) is 10.2. The average Bonchev–Trinajstić information content (AvgIpc) is 3.23. The highest BCUT2D eigenvalue weighted by molar-refractivity contribution is 7.89. The third-order valence-corrected chi connectivity index (χ3v) is 8.60. The van der Waals surface area contributed by atoms with Crippen molar-refractivity contribution in [1.82, 2.24) is 29.8 Å². The second kappa shape index (κ2) is 12.4. The number of piperidine rings is 1. The maximum atomic E-state index is 15.6. The molecule has 13 heteroatoms. The highest BCUT2D eigenvalue weighted by Gasteiger charge is 2.29. The number of rotatable bonds is 8. The van der Waals surface area contributed by atoms with Crippen LogP contribution in [0.3, 0.4) is 0 Å². The second-order valence-corrected chi connectivity index (χ2v) is 12.1. The number of nitrogens with two attached hydrogens (primary N) is 1. The van der Waals surface area contributed by atoms with E-state index in [9.17, 15) is 17.2 Å². The van der Waals surface area contributed by atoms with E-state index >= 15 is 4.39 Å². The van der Waals surface area contributed by atoms with E-state index in [2.05, 4.69) is 20.0 Å². The summed E-state index contributed by atoms with van der Waals surface area (Å²) in [6.45, 7) is 1.73. The van der Waals surface area contributed by atoms with Gasteiger partial charge in [-0.2, -0.15) is 5.10 Å². The minimum Gasteiger partial charge on any atom is -0.368 e. The van der Waals surface area contributed by atoms with E-state index < -0.39 is 39.5 Å². The number of hydrogen-bond donors (Lipinski definition) is 3. The lowest BCUT2D eigenvalue weighted by atomic mass is 9.94. The summed E-state index contributed by atoms with van der Waals surface area (Å²) in [5.74, 6) is -2.16. The fraction of sp³-hybridized carbons (Fsp3) is 0.393. The molecule has 0 spiro atoms. The molecule has 3 aliphatic rings. The van der Waals surface area contributed by atoms with Crippen molar-refractivity contribution in [3.63, 3.8) is 0 Å². The quantitative estimate of drug-likeness (QED) is 0.416. The lowest BCUT2D eigenvalue weighted by Crippen LogP contribution is -2.30. The Morgan fingerprint density at radius 1 is 1.22 bits per heavy atom. The Labute approximate surface area is 236 Å². The zero-order valence-electron chi connectivity index (χ0n) is 22.3. The molecular weight excluding hydrogens is 555 g/mol. The third-order valence-electron chi connectivity index (χ3n) is 7.31. The fourth-order valence-electron chi connectivity index (χ4n) is 5.17. The van der Waals surface area contributed by atoms with Crippen molar-refractivity contribution in [1.29, 1.82) is 0 Å². The van der Waals surface area contributed by atoms with Gasteiger partial charge in [-0.1, -0.05) is 18.2 Å². The molecule has 0 amide bonds. The van der Waals surface area contributed by atoms with Crippen LogP contribution >= 0.6 is 0 Å². The fourth-order valence-corrected chi connectivity index (χ4v) is 6.31. The first-order valence-electron chi connectivity index (χ1n) is 13.5. The van der Waals surface area contributed by atoms with Crippen LogP contribution in [0.25, 0.3) is 11.3 Å². The molecule has 41 heavy (non-hydrogen) atoms. The monoisotopic (exact) mass is 587 g/mol. The molecule has 0 saturated carbocycles. The number of aromatic nitrogens is 4. The Kier molecular flexibility index (Phi) is 8.74. The first-order valence-corrected chi connectivity index (χ1v) is 15.2. The zero-order chi connectivity index (χ0) is 29.0. The Bertz CT molecular complexity index is 1540. The van der Waals surface area contributed by atoms with Crippen LogP contribution in [-0.4, -0.2) is 53.2 Å². The van der Waals surface area contributed by atoms with Gasteiger partial charge in [-0.15, -0.1) is 0 Å². The van der Waals surface area contributed by atoms with Crippen LogP contribution in [0.5, 0.6) is 0 Å². The summed E-state index contributed by atoms with van der Waals surface area (Å²) in [6, 6.07) is 1.89. The normalized spacial score (nSPS) is 22.2. The largest absolute Gasteiger partial charge is 0.368 e. The first kappa shape index (κ1) is 28.8. The maximum absolute atomic E-state index is 15.6. The average molecular weight is 588 g/mol. The molecule has 0 bridgehead atoms. The molecule has 5 rings (SSSR count). The van der Waals surface area contributed by atoms with Crippen LogP contribution < -0.4 is 15.8 Å². The minimum absolute atomic E-state index is 0.0355. The number of halogens is 3. The molecule has 4 N–H and O–H groups in total. The molecule has 2 atom stereocenters. The van der Waals surface area contributed by atoms with E-state index in [-0.39, 0.29) is 42.5 Å².